The summed E-state index contributed by atoms with van der Waals surface area (Å²) in [6.07, 6.45) is 2.49. The lowest BCUT2D eigenvalue weighted by molar-refractivity contribution is 0.883. The standard InChI is InChI=1S/C10H12ClN3S/c11-9-7-5-15-6-8(7)12-10(13-9)14-3-1-2-4-14/h1-6H2. The Morgan fingerprint density at radius 3 is 2.73 bits per heavy atom. The normalized spacial score (nSPS) is 19.7. The van der Waals surface area contributed by atoms with Crippen LogP contribution >= 0.6 is 23.4 Å². The Morgan fingerprint density at radius 1 is 1.13 bits per heavy atom. The molecular formula is C10H12ClN3S. The van der Waals surface area contributed by atoms with Crippen LogP contribution in [0.15, 0.2) is 0 Å². The number of fused-ring (bicyclic) bond motifs is 1. The van der Waals surface area contributed by atoms with E-state index in [1.807, 2.05) is 11.8 Å². The van der Waals surface area contributed by atoms with Crippen LogP contribution < -0.4 is 4.90 Å². The molecule has 80 valence electrons. The van der Waals surface area contributed by atoms with Crippen LogP contribution in [0, 0.1) is 0 Å². The summed E-state index contributed by atoms with van der Waals surface area (Å²) in [5.74, 6) is 2.78. The van der Waals surface area contributed by atoms with Gasteiger partial charge in [0.25, 0.3) is 0 Å². The predicted molar refractivity (Wildman–Crippen MR) is 63.5 cm³/mol. The second kappa shape index (κ2) is 3.83. The summed E-state index contributed by atoms with van der Waals surface area (Å²) in [4.78, 5) is 11.2. The van der Waals surface area contributed by atoms with E-state index in [1.165, 1.54) is 12.8 Å². The maximum atomic E-state index is 6.16. The molecule has 15 heavy (non-hydrogen) atoms. The van der Waals surface area contributed by atoms with Crippen molar-refractivity contribution in [1.82, 2.24) is 9.97 Å². The van der Waals surface area contributed by atoms with Gasteiger partial charge in [-0.3, -0.25) is 0 Å². The molecule has 3 rings (SSSR count). The van der Waals surface area contributed by atoms with Gasteiger partial charge in [-0.25, -0.2) is 9.97 Å². The molecule has 0 amide bonds. The van der Waals surface area contributed by atoms with E-state index in [9.17, 15) is 0 Å². The Kier molecular flexibility index (Phi) is 2.48. The fourth-order valence-electron chi connectivity index (χ4n) is 2.06. The summed E-state index contributed by atoms with van der Waals surface area (Å²) in [7, 11) is 0. The monoisotopic (exact) mass is 241 g/mol. The molecule has 0 radical (unpaired) electrons. The highest BCUT2D eigenvalue weighted by molar-refractivity contribution is 7.98. The number of thioether (sulfide) groups is 1. The van der Waals surface area contributed by atoms with E-state index in [1.54, 1.807) is 0 Å². The van der Waals surface area contributed by atoms with Crippen molar-refractivity contribution in [2.24, 2.45) is 0 Å². The van der Waals surface area contributed by atoms with Crippen LogP contribution in [0.1, 0.15) is 24.1 Å². The van der Waals surface area contributed by atoms with Crippen LogP contribution in [0.4, 0.5) is 5.95 Å². The molecule has 5 heteroatoms. The zero-order valence-electron chi connectivity index (χ0n) is 8.37. The summed E-state index contributed by atoms with van der Waals surface area (Å²) in [5.41, 5.74) is 2.28. The molecule has 0 bridgehead atoms. The summed E-state index contributed by atoms with van der Waals surface area (Å²) in [6.45, 7) is 2.14. The van der Waals surface area contributed by atoms with Crippen molar-refractivity contribution in [2.45, 2.75) is 24.3 Å². The second-order valence-corrected chi connectivity index (χ2v) is 5.27. The first-order valence-electron chi connectivity index (χ1n) is 5.22. The van der Waals surface area contributed by atoms with Crippen LogP contribution in [0.5, 0.6) is 0 Å². The Morgan fingerprint density at radius 2 is 1.93 bits per heavy atom. The van der Waals surface area contributed by atoms with E-state index in [0.29, 0.717) is 5.15 Å². The SMILES string of the molecule is Clc1nc(N2CCCC2)nc2c1CSC2. The van der Waals surface area contributed by atoms with Crippen LogP contribution in [0.25, 0.3) is 0 Å². The average molecular weight is 242 g/mol. The third-order valence-corrected chi connectivity index (χ3v) is 4.19. The number of aromatic nitrogens is 2. The van der Waals surface area contributed by atoms with Crippen molar-refractivity contribution < 1.29 is 0 Å². The molecule has 1 aromatic rings. The molecule has 1 aromatic heterocycles. The van der Waals surface area contributed by atoms with Crippen LogP contribution in [0.2, 0.25) is 5.15 Å². The Labute approximate surface area is 98.2 Å². The van der Waals surface area contributed by atoms with Gasteiger partial charge in [0.15, 0.2) is 0 Å². The van der Waals surface area contributed by atoms with Crippen molar-refractivity contribution in [3.05, 3.63) is 16.4 Å². The van der Waals surface area contributed by atoms with Crippen LogP contribution in [-0.4, -0.2) is 23.1 Å². The molecule has 3 heterocycles. The largest absolute Gasteiger partial charge is 0.341 e. The molecule has 0 spiro atoms. The van der Waals surface area contributed by atoms with Crippen molar-refractivity contribution in [1.29, 1.82) is 0 Å². The molecule has 1 saturated heterocycles. The molecule has 0 unspecified atom stereocenters. The van der Waals surface area contributed by atoms with Crippen molar-refractivity contribution in [2.75, 3.05) is 18.0 Å². The second-order valence-electron chi connectivity index (χ2n) is 3.93. The molecule has 0 N–H and O–H groups in total. The zero-order chi connectivity index (χ0) is 10.3. The van der Waals surface area contributed by atoms with Gasteiger partial charge in [-0.2, -0.15) is 11.8 Å². The average Bonchev–Trinajstić information content (AvgIpc) is 2.88. The highest BCUT2D eigenvalue weighted by Gasteiger charge is 2.22. The third-order valence-electron chi connectivity index (χ3n) is 2.90. The Bertz CT molecular complexity index is 390. The summed E-state index contributed by atoms with van der Waals surface area (Å²) >= 11 is 8.02. The number of hydrogen-bond donors (Lipinski definition) is 0. The number of halogens is 1. The zero-order valence-corrected chi connectivity index (χ0v) is 9.94. The third kappa shape index (κ3) is 1.70. The topological polar surface area (TPSA) is 29.0 Å². The van der Waals surface area contributed by atoms with E-state index < -0.39 is 0 Å². The predicted octanol–water partition coefficient (Wildman–Crippen LogP) is 2.48. The molecule has 0 aromatic carbocycles. The van der Waals surface area contributed by atoms with Gasteiger partial charge in [0, 0.05) is 30.2 Å². The number of nitrogens with zero attached hydrogens (tertiary/aromatic N) is 3. The van der Waals surface area contributed by atoms with E-state index >= 15 is 0 Å². The minimum atomic E-state index is 0.659. The van der Waals surface area contributed by atoms with Gasteiger partial charge in [-0.05, 0) is 12.8 Å². The van der Waals surface area contributed by atoms with E-state index in [0.717, 1.165) is 41.8 Å². The maximum absolute atomic E-state index is 6.16. The van der Waals surface area contributed by atoms with E-state index in [4.69, 9.17) is 11.6 Å². The summed E-state index contributed by atoms with van der Waals surface area (Å²) < 4.78 is 0. The van der Waals surface area contributed by atoms with Crippen molar-refractivity contribution in [3.8, 4) is 0 Å². The highest BCUT2D eigenvalue weighted by Crippen LogP contribution is 2.34. The molecule has 0 saturated carbocycles. The minimum Gasteiger partial charge on any atom is -0.341 e. The summed E-state index contributed by atoms with van der Waals surface area (Å²) in [6, 6.07) is 0. The minimum absolute atomic E-state index is 0.659. The lowest BCUT2D eigenvalue weighted by Gasteiger charge is -2.16. The fraction of sp³-hybridized carbons (Fsp3) is 0.600. The lowest BCUT2D eigenvalue weighted by atomic mass is 10.3. The number of rotatable bonds is 1. The van der Waals surface area contributed by atoms with Crippen LogP contribution in [0.3, 0.4) is 0 Å². The highest BCUT2D eigenvalue weighted by atomic mass is 35.5. The van der Waals surface area contributed by atoms with Gasteiger partial charge < -0.3 is 4.90 Å². The maximum Gasteiger partial charge on any atom is 0.227 e. The van der Waals surface area contributed by atoms with Gasteiger partial charge >= 0.3 is 0 Å². The number of anilines is 1. The van der Waals surface area contributed by atoms with E-state index in [-0.39, 0.29) is 0 Å². The molecule has 1 fully saturated rings. The first-order chi connectivity index (χ1) is 7.34. The van der Waals surface area contributed by atoms with Gasteiger partial charge in [0.05, 0.1) is 5.69 Å². The van der Waals surface area contributed by atoms with Gasteiger partial charge in [0.1, 0.15) is 5.15 Å². The smallest absolute Gasteiger partial charge is 0.227 e. The molecule has 3 nitrogen and oxygen atoms in total. The van der Waals surface area contributed by atoms with Crippen molar-refractivity contribution >= 4 is 29.3 Å². The molecule has 2 aliphatic rings. The number of hydrogen-bond acceptors (Lipinski definition) is 4. The Balaban J connectivity index is 1.99. The first kappa shape index (κ1) is 9.73. The fourth-order valence-corrected chi connectivity index (χ4v) is 3.43. The van der Waals surface area contributed by atoms with Crippen molar-refractivity contribution in [3.63, 3.8) is 0 Å². The quantitative estimate of drug-likeness (QED) is 0.707. The Hall–Kier alpha value is -0.480. The lowest BCUT2D eigenvalue weighted by Crippen LogP contribution is -2.21. The van der Waals surface area contributed by atoms with Crippen LogP contribution in [-0.2, 0) is 11.5 Å². The first-order valence-corrected chi connectivity index (χ1v) is 6.76. The van der Waals surface area contributed by atoms with Gasteiger partial charge in [0.2, 0.25) is 5.95 Å². The van der Waals surface area contributed by atoms with Gasteiger partial charge in [-0.15, -0.1) is 0 Å². The molecule has 0 atom stereocenters. The molecule has 2 aliphatic heterocycles. The molecular weight excluding hydrogens is 230 g/mol. The van der Waals surface area contributed by atoms with E-state index in [2.05, 4.69) is 14.9 Å². The molecule has 0 aliphatic carbocycles. The van der Waals surface area contributed by atoms with Gasteiger partial charge in [-0.1, -0.05) is 11.6 Å². The summed E-state index contributed by atoms with van der Waals surface area (Å²) in [5, 5.41) is 0.659.